The number of esters is 2. The van der Waals surface area contributed by atoms with Gasteiger partial charge in [-0.05, 0) is 77.6 Å². The molecule has 0 bridgehead atoms. The lowest BCUT2D eigenvalue weighted by Crippen LogP contribution is -2.13. The van der Waals surface area contributed by atoms with Crippen molar-refractivity contribution in [2.24, 2.45) is 0 Å². The molecule has 0 aliphatic rings. The minimum Gasteiger partial charge on any atom is -0.461 e. The Hall–Kier alpha value is -4.30. The number of hydrogen-bond acceptors (Lipinski definition) is 10. The zero-order chi connectivity index (χ0) is 35.5. The first kappa shape index (κ1) is 38.2. The predicted molar refractivity (Wildman–Crippen MR) is 180 cm³/mol. The van der Waals surface area contributed by atoms with Crippen LogP contribution in [0.5, 0.6) is 0 Å². The largest absolute Gasteiger partial charge is 0.461 e. The number of nitrogens with zero attached hydrogens (tertiary/aromatic N) is 2. The predicted octanol–water partition coefficient (Wildman–Crippen LogP) is 6.14. The molecule has 0 amide bonds. The lowest BCUT2D eigenvalue weighted by atomic mass is 10.2. The van der Waals surface area contributed by atoms with Crippen molar-refractivity contribution in [3.8, 4) is 0 Å². The van der Waals surface area contributed by atoms with E-state index in [0.717, 1.165) is 36.8 Å². The van der Waals surface area contributed by atoms with Crippen molar-refractivity contribution in [3.63, 3.8) is 0 Å². The number of benzene rings is 2. The summed E-state index contributed by atoms with van der Waals surface area (Å²) in [7, 11) is -7.72. The highest BCUT2D eigenvalue weighted by atomic mass is 32.2. The summed E-state index contributed by atoms with van der Waals surface area (Å²) < 4.78 is 62.1. The Balaban J connectivity index is 0.000000260. The van der Waals surface area contributed by atoms with Gasteiger partial charge in [-0.3, -0.25) is 10.2 Å². The third-order valence-electron chi connectivity index (χ3n) is 7.28. The van der Waals surface area contributed by atoms with Crippen molar-refractivity contribution in [2.75, 3.05) is 13.2 Å². The third kappa shape index (κ3) is 8.98. The molecule has 0 atom stereocenters. The molecule has 48 heavy (non-hydrogen) atoms. The van der Waals surface area contributed by atoms with Crippen LogP contribution in [0.4, 0.5) is 0 Å². The van der Waals surface area contributed by atoms with Crippen LogP contribution in [-0.2, 0) is 42.0 Å². The molecular formula is C34H44N4O8S2. The van der Waals surface area contributed by atoms with E-state index < -0.39 is 31.6 Å². The van der Waals surface area contributed by atoms with Crippen molar-refractivity contribution in [1.29, 1.82) is 0 Å². The monoisotopic (exact) mass is 700 g/mol. The van der Waals surface area contributed by atoms with Crippen LogP contribution in [-0.4, -0.2) is 62.4 Å². The van der Waals surface area contributed by atoms with Crippen LogP contribution < -0.4 is 0 Å². The molecule has 4 rings (SSSR count). The van der Waals surface area contributed by atoms with Crippen molar-refractivity contribution >= 4 is 31.6 Å². The lowest BCUT2D eigenvalue weighted by molar-refractivity contribution is 0.0505. The van der Waals surface area contributed by atoms with Gasteiger partial charge < -0.3 is 9.47 Å². The van der Waals surface area contributed by atoms with Crippen LogP contribution >= 0.6 is 0 Å². The molecule has 0 fully saturated rings. The Morgan fingerprint density at radius 3 is 1.23 bits per heavy atom. The highest BCUT2D eigenvalue weighted by Gasteiger charge is 2.33. The van der Waals surface area contributed by atoms with Gasteiger partial charge in [-0.1, -0.05) is 62.1 Å². The van der Waals surface area contributed by atoms with Gasteiger partial charge in [0.2, 0.25) is 19.7 Å². The molecule has 2 heterocycles. The maximum atomic E-state index is 13.1. The quantitative estimate of drug-likeness (QED) is 0.145. The minimum absolute atomic E-state index is 0.0711. The number of aryl methyl sites for hydroxylation is 4. The number of H-pyrrole nitrogens is 2. The van der Waals surface area contributed by atoms with Gasteiger partial charge in [0.05, 0.1) is 34.4 Å². The Morgan fingerprint density at radius 2 is 0.938 bits per heavy atom. The number of aromatic nitrogens is 4. The van der Waals surface area contributed by atoms with Gasteiger partial charge in [-0.2, -0.15) is 10.2 Å². The summed E-state index contributed by atoms with van der Waals surface area (Å²) in [6.45, 7) is 11.4. The maximum Gasteiger partial charge on any atom is 0.360 e. The summed E-state index contributed by atoms with van der Waals surface area (Å²) in [5.74, 6) is -1.47. The second-order valence-corrected chi connectivity index (χ2v) is 14.8. The van der Waals surface area contributed by atoms with Crippen LogP contribution in [0.25, 0.3) is 0 Å². The lowest BCUT2D eigenvalue weighted by Gasteiger charge is -2.08. The molecule has 4 aromatic rings. The van der Waals surface area contributed by atoms with Crippen LogP contribution in [0, 0.1) is 13.8 Å². The first-order chi connectivity index (χ1) is 22.8. The molecule has 0 saturated heterocycles. The Labute approximate surface area is 282 Å². The summed E-state index contributed by atoms with van der Waals surface area (Å²) >= 11 is 0. The van der Waals surface area contributed by atoms with E-state index in [1.165, 1.54) is 24.3 Å². The minimum atomic E-state index is -3.86. The van der Waals surface area contributed by atoms with Gasteiger partial charge in [-0.15, -0.1) is 0 Å². The fourth-order valence-corrected chi connectivity index (χ4v) is 7.88. The molecule has 260 valence electrons. The molecule has 0 unspecified atom stereocenters. The third-order valence-corrected chi connectivity index (χ3v) is 11.0. The molecule has 0 saturated carbocycles. The second-order valence-electron chi connectivity index (χ2n) is 11.0. The number of unbranched alkanes of at least 4 members (excludes halogenated alkanes) is 2. The van der Waals surface area contributed by atoms with Crippen molar-refractivity contribution in [2.45, 2.75) is 99.6 Å². The van der Waals surface area contributed by atoms with Crippen molar-refractivity contribution in [1.82, 2.24) is 20.4 Å². The van der Waals surface area contributed by atoms with E-state index in [9.17, 15) is 26.4 Å². The van der Waals surface area contributed by atoms with Crippen LogP contribution in [0.3, 0.4) is 0 Å². The zero-order valence-electron chi connectivity index (χ0n) is 28.3. The molecule has 12 nitrogen and oxygen atoms in total. The Bertz CT molecular complexity index is 1750. The molecule has 2 aromatic heterocycles. The first-order valence-corrected chi connectivity index (χ1v) is 18.9. The number of sulfone groups is 2. The van der Waals surface area contributed by atoms with E-state index in [1.54, 1.807) is 38.1 Å². The summed E-state index contributed by atoms with van der Waals surface area (Å²) in [4.78, 5) is 24.4. The number of ether oxygens (including phenoxy) is 2. The molecule has 0 aliphatic heterocycles. The summed E-state index contributed by atoms with van der Waals surface area (Å²) in [6, 6.07) is 13.1. The number of carbonyl (C=O) groups excluding carboxylic acids is 2. The highest BCUT2D eigenvalue weighted by molar-refractivity contribution is 7.92. The van der Waals surface area contributed by atoms with Gasteiger partial charge in [-0.25, -0.2) is 26.4 Å². The van der Waals surface area contributed by atoms with E-state index in [2.05, 4.69) is 20.4 Å². The van der Waals surface area contributed by atoms with Crippen molar-refractivity contribution in [3.05, 3.63) is 82.4 Å². The normalized spacial score (nSPS) is 11.5. The molecule has 14 heteroatoms. The number of aromatic amines is 2. The van der Waals surface area contributed by atoms with E-state index in [-0.39, 0.29) is 44.2 Å². The number of hydrogen-bond donors (Lipinski definition) is 2. The smallest absolute Gasteiger partial charge is 0.360 e. The average Bonchev–Trinajstić information content (AvgIpc) is 3.69. The fraction of sp³-hybridized carbons (Fsp3) is 0.412. The number of nitrogens with one attached hydrogen (secondary N) is 2. The topological polar surface area (TPSA) is 178 Å². The second kappa shape index (κ2) is 17.2. The van der Waals surface area contributed by atoms with E-state index in [0.29, 0.717) is 24.2 Å². The van der Waals surface area contributed by atoms with Crippen LogP contribution in [0.2, 0.25) is 0 Å². The molecule has 0 spiro atoms. The van der Waals surface area contributed by atoms with Crippen molar-refractivity contribution < 1.29 is 35.9 Å². The fourth-order valence-electron chi connectivity index (χ4n) is 4.71. The molecule has 2 N–H and O–H groups in total. The summed E-state index contributed by atoms with van der Waals surface area (Å²) in [6.07, 6.45) is 4.39. The Morgan fingerprint density at radius 1 is 0.604 bits per heavy atom. The number of rotatable bonds is 14. The summed E-state index contributed by atoms with van der Waals surface area (Å²) in [5, 5.41) is 13.2. The maximum absolute atomic E-state index is 13.1. The zero-order valence-corrected chi connectivity index (χ0v) is 29.9. The van der Waals surface area contributed by atoms with E-state index >= 15 is 0 Å². The highest BCUT2D eigenvalue weighted by Crippen LogP contribution is 2.29. The van der Waals surface area contributed by atoms with E-state index in [4.69, 9.17) is 9.47 Å². The first-order valence-electron chi connectivity index (χ1n) is 15.9. The summed E-state index contributed by atoms with van der Waals surface area (Å²) in [5.41, 5.74) is 2.45. The average molecular weight is 701 g/mol. The molecule has 2 aromatic carbocycles. The van der Waals surface area contributed by atoms with Gasteiger partial charge >= 0.3 is 11.9 Å². The molecule has 0 radical (unpaired) electrons. The standard InChI is InChI=1S/2C17H22N2O4S/c2*1-4-6-7-14-16(15(19-18-14)17(20)23-5-2)24(21,22)13-10-8-12(3)9-11-13/h2*8-11H,4-7H2,1-3H3,(H,18,19). The SMILES string of the molecule is CCCCc1[nH]nc(C(=O)OCC)c1S(=O)(=O)c1ccc(C)cc1.CCCCc1[nH]nc(C(=O)OCC)c1S(=O)(=O)c1ccc(C)cc1. The van der Waals surface area contributed by atoms with Gasteiger partial charge in [0.1, 0.15) is 9.79 Å². The van der Waals surface area contributed by atoms with Crippen LogP contribution in [0.1, 0.15) is 96.9 Å². The number of carbonyl (C=O) groups is 2. The van der Waals surface area contributed by atoms with E-state index in [1.807, 2.05) is 27.7 Å². The van der Waals surface area contributed by atoms with Crippen LogP contribution in [0.15, 0.2) is 68.1 Å². The van der Waals surface area contributed by atoms with Gasteiger partial charge in [0.25, 0.3) is 0 Å². The van der Waals surface area contributed by atoms with Gasteiger partial charge in [0.15, 0.2) is 11.4 Å². The molecular weight excluding hydrogens is 657 g/mol. The van der Waals surface area contributed by atoms with Gasteiger partial charge in [0, 0.05) is 0 Å². The Kier molecular flexibility index (Phi) is 13.7. The molecule has 0 aliphatic carbocycles.